The predicted molar refractivity (Wildman–Crippen MR) is 82.0 cm³/mol. The zero-order valence-corrected chi connectivity index (χ0v) is 12.7. The molecule has 2 rings (SSSR count). The molecule has 0 aromatic heterocycles. The third-order valence-electron chi connectivity index (χ3n) is 4.45. The molecule has 3 nitrogen and oxygen atoms in total. The number of benzene rings is 1. The maximum absolute atomic E-state index is 9.81. The van der Waals surface area contributed by atoms with Crippen molar-refractivity contribution in [2.24, 2.45) is 0 Å². The minimum Gasteiger partial charge on any atom is -0.389 e. The molecule has 0 heterocycles. The number of hydrogen-bond acceptors (Lipinski definition) is 3. The molecule has 0 aliphatic heterocycles. The molecule has 1 aromatic carbocycles. The first-order valence-electron chi connectivity index (χ1n) is 7.63. The second kappa shape index (κ2) is 7.77. The van der Waals surface area contributed by atoms with Gasteiger partial charge in [0.1, 0.15) is 0 Å². The van der Waals surface area contributed by atoms with E-state index in [0.717, 1.165) is 0 Å². The van der Waals surface area contributed by atoms with Crippen molar-refractivity contribution in [3.8, 4) is 0 Å². The molecule has 3 heteroatoms. The van der Waals surface area contributed by atoms with Crippen LogP contribution in [-0.2, 0) is 4.74 Å². The van der Waals surface area contributed by atoms with Gasteiger partial charge in [0.25, 0.3) is 0 Å². The standard InChI is InChI=1S/C17H27NO2/c1-18(12-17(19)13-20-2)16-10-8-15(9-11-16)14-6-4-3-5-7-14/h3-7,15-17,19H,8-13H2,1-2H3/t15?,16?,17-/m0/s1. The highest BCUT2D eigenvalue weighted by Gasteiger charge is 2.25. The minimum absolute atomic E-state index is 0.378. The van der Waals surface area contributed by atoms with Crippen molar-refractivity contribution in [2.45, 2.75) is 43.7 Å². The number of likely N-dealkylation sites (N-methyl/N-ethyl adjacent to an activating group) is 1. The van der Waals surface area contributed by atoms with Crippen LogP contribution in [-0.4, -0.2) is 49.5 Å². The van der Waals surface area contributed by atoms with Crippen LogP contribution in [0.15, 0.2) is 30.3 Å². The highest BCUT2D eigenvalue weighted by Crippen LogP contribution is 2.34. The van der Waals surface area contributed by atoms with Crippen LogP contribution in [0.1, 0.15) is 37.2 Å². The van der Waals surface area contributed by atoms with E-state index < -0.39 is 0 Å². The zero-order chi connectivity index (χ0) is 14.4. The first kappa shape index (κ1) is 15.5. The first-order chi connectivity index (χ1) is 9.70. The lowest BCUT2D eigenvalue weighted by atomic mass is 9.81. The van der Waals surface area contributed by atoms with Gasteiger partial charge in [0.15, 0.2) is 0 Å². The minimum atomic E-state index is -0.378. The Kier molecular flexibility index (Phi) is 6.02. The second-order valence-corrected chi connectivity index (χ2v) is 5.96. The average molecular weight is 277 g/mol. The number of methoxy groups -OCH3 is 1. The number of aliphatic hydroxyl groups excluding tert-OH is 1. The van der Waals surface area contributed by atoms with Crippen molar-refractivity contribution < 1.29 is 9.84 Å². The van der Waals surface area contributed by atoms with E-state index in [1.807, 2.05) is 0 Å². The fourth-order valence-electron chi connectivity index (χ4n) is 3.30. The summed E-state index contributed by atoms with van der Waals surface area (Å²) in [6.45, 7) is 1.12. The van der Waals surface area contributed by atoms with Crippen molar-refractivity contribution in [3.05, 3.63) is 35.9 Å². The van der Waals surface area contributed by atoms with E-state index in [9.17, 15) is 5.11 Å². The summed E-state index contributed by atoms with van der Waals surface area (Å²) < 4.78 is 4.99. The van der Waals surface area contributed by atoms with Crippen LogP contribution >= 0.6 is 0 Å². The fraction of sp³-hybridized carbons (Fsp3) is 0.647. The molecule has 1 atom stereocenters. The molecule has 1 fully saturated rings. The summed E-state index contributed by atoms with van der Waals surface area (Å²) in [5, 5.41) is 9.81. The lowest BCUT2D eigenvalue weighted by Gasteiger charge is -2.35. The predicted octanol–water partition coefficient (Wildman–Crippen LogP) is 2.65. The summed E-state index contributed by atoms with van der Waals surface area (Å²) >= 11 is 0. The molecule has 0 amide bonds. The van der Waals surface area contributed by atoms with Gasteiger partial charge in [-0.15, -0.1) is 0 Å². The summed E-state index contributed by atoms with van der Waals surface area (Å²) in [6.07, 6.45) is 4.56. The van der Waals surface area contributed by atoms with Crippen molar-refractivity contribution >= 4 is 0 Å². The Morgan fingerprint density at radius 1 is 1.20 bits per heavy atom. The molecule has 0 bridgehead atoms. The summed E-state index contributed by atoms with van der Waals surface area (Å²) in [4.78, 5) is 2.30. The molecule has 1 aliphatic carbocycles. The Morgan fingerprint density at radius 2 is 1.85 bits per heavy atom. The van der Waals surface area contributed by atoms with Gasteiger partial charge in [0.2, 0.25) is 0 Å². The Morgan fingerprint density at radius 3 is 2.45 bits per heavy atom. The van der Waals surface area contributed by atoms with Gasteiger partial charge >= 0.3 is 0 Å². The van der Waals surface area contributed by atoms with Crippen LogP contribution in [0.5, 0.6) is 0 Å². The molecule has 112 valence electrons. The van der Waals surface area contributed by atoms with Crippen molar-refractivity contribution in [1.82, 2.24) is 4.90 Å². The van der Waals surface area contributed by atoms with Crippen LogP contribution < -0.4 is 0 Å². The maximum Gasteiger partial charge on any atom is 0.0900 e. The average Bonchev–Trinajstić information content (AvgIpc) is 2.48. The van der Waals surface area contributed by atoms with Crippen LogP contribution in [0, 0.1) is 0 Å². The molecule has 1 N–H and O–H groups in total. The monoisotopic (exact) mass is 277 g/mol. The third-order valence-corrected chi connectivity index (χ3v) is 4.45. The molecule has 20 heavy (non-hydrogen) atoms. The molecule has 1 aliphatic rings. The van der Waals surface area contributed by atoms with Crippen molar-refractivity contribution in [3.63, 3.8) is 0 Å². The van der Waals surface area contributed by atoms with Gasteiger partial charge in [-0.25, -0.2) is 0 Å². The SMILES string of the molecule is COC[C@@H](O)CN(C)C1CCC(c2ccccc2)CC1. The number of rotatable bonds is 6. The topological polar surface area (TPSA) is 32.7 Å². The van der Waals surface area contributed by atoms with Crippen LogP contribution in [0.4, 0.5) is 0 Å². The molecule has 1 saturated carbocycles. The molecule has 0 saturated heterocycles. The molecular formula is C17H27NO2. The van der Waals surface area contributed by atoms with Gasteiger partial charge < -0.3 is 14.7 Å². The van der Waals surface area contributed by atoms with Gasteiger partial charge in [-0.05, 0) is 44.2 Å². The van der Waals surface area contributed by atoms with E-state index in [2.05, 4.69) is 42.3 Å². The van der Waals surface area contributed by atoms with Gasteiger partial charge in [-0.1, -0.05) is 30.3 Å². The summed E-state index contributed by atoms with van der Waals surface area (Å²) in [7, 11) is 3.75. The van der Waals surface area contributed by atoms with Crippen LogP contribution in [0.2, 0.25) is 0 Å². The summed E-state index contributed by atoms with van der Waals surface area (Å²) in [6, 6.07) is 11.4. The Hall–Kier alpha value is -0.900. The van der Waals surface area contributed by atoms with Gasteiger partial charge in [-0.2, -0.15) is 0 Å². The number of ether oxygens (including phenoxy) is 1. The first-order valence-corrected chi connectivity index (χ1v) is 7.63. The van der Waals surface area contributed by atoms with Crippen LogP contribution in [0.25, 0.3) is 0 Å². The van der Waals surface area contributed by atoms with E-state index in [-0.39, 0.29) is 6.10 Å². The summed E-state index contributed by atoms with van der Waals surface area (Å²) in [5.41, 5.74) is 1.48. The smallest absolute Gasteiger partial charge is 0.0900 e. The molecule has 0 radical (unpaired) electrons. The largest absolute Gasteiger partial charge is 0.389 e. The Labute approximate surface area is 122 Å². The number of hydrogen-bond donors (Lipinski definition) is 1. The second-order valence-electron chi connectivity index (χ2n) is 5.96. The van der Waals surface area contributed by atoms with E-state index in [1.165, 1.54) is 31.2 Å². The Bertz CT molecular complexity index is 374. The third kappa shape index (κ3) is 4.30. The van der Waals surface area contributed by atoms with E-state index >= 15 is 0 Å². The molecule has 1 aromatic rings. The van der Waals surface area contributed by atoms with Crippen molar-refractivity contribution in [2.75, 3.05) is 27.3 Å². The zero-order valence-electron chi connectivity index (χ0n) is 12.7. The molecule has 0 unspecified atom stereocenters. The van der Waals surface area contributed by atoms with Crippen LogP contribution in [0.3, 0.4) is 0 Å². The fourth-order valence-corrected chi connectivity index (χ4v) is 3.30. The number of aliphatic hydroxyl groups is 1. The molecular weight excluding hydrogens is 250 g/mol. The lowest BCUT2D eigenvalue weighted by Crippen LogP contribution is -2.40. The highest BCUT2D eigenvalue weighted by molar-refractivity contribution is 5.20. The van der Waals surface area contributed by atoms with E-state index in [1.54, 1.807) is 7.11 Å². The lowest BCUT2D eigenvalue weighted by molar-refractivity contribution is 0.0291. The molecule has 0 spiro atoms. The maximum atomic E-state index is 9.81. The highest BCUT2D eigenvalue weighted by atomic mass is 16.5. The normalized spacial score (nSPS) is 24.8. The van der Waals surface area contributed by atoms with E-state index in [0.29, 0.717) is 25.1 Å². The quantitative estimate of drug-likeness (QED) is 0.867. The summed E-state index contributed by atoms with van der Waals surface area (Å²) in [5.74, 6) is 0.713. The van der Waals surface area contributed by atoms with Crippen molar-refractivity contribution in [1.29, 1.82) is 0 Å². The van der Waals surface area contributed by atoms with Gasteiger partial charge in [-0.3, -0.25) is 0 Å². The number of nitrogens with zero attached hydrogens (tertiary/aromatic N) is 1. The van der Waals surface area contributed by atoms with E-state index in [4.69, 9.17) is 4.74 Å². The van der Waals surface area contributed by atoms with Gasteiger partial charge in [0, 0.05) is 19.7 Å². The Balaban J connectivity index is 1.79. The van der Waals surface area contributed by atoms with Gasteiger partial charge in [0.05, 0.1) is 12.7 Å².